The lowest BCUT2D eigenvalue weighted by Crippen LogP contribution is -2.36. The van der Waals surface area contributed by atoms with Gasteiger partial charge in [0.25, 0.3) is 0 Å². The quantitative estimate of drug-likeness (QED) is 0.401. The zero-order chi connectivity index (χ0) is 11.8. The van der Waals surface area contributed by atoms with Crippen molar-refractivity contribution in [3.8, 4) is 0 Å². The van der Waals surface area contributed by atoms with Crippen LogP contribution in [0.3, 0.4) is 0 Å². The third-order valence-corrected chi connectivity index (χ3v) is 4.32. The third-order valence-electron chi connectivity index (χ3n) is 4.32. The largest absolute Gasteiger partial charge is 0.342 e. The molecule has 0 aromatic carbocycles. The summed E-state index contributed by atoms with van der Waals surface area (Å²) in [4.78, 5) is 16.9. The molecule has 3 atom stereocenters. The molecule has 0 bridgehead atoms. The summed E-state index contributed by atoms with van der Waals surface area (Å²) in [7, 11) is 1.88. The molecule has 1 aliphatic heterocycles. The minimum absolute atomic E-state index is 0.150. The molecule has 0 N–H and O–H groups in total. The molecule has 5 heteroatoms. The Balaban J connectivity index is 2.29. The molecule has 16 heavy (non-hydrogen) atoms. The standard InChI is InChI=1S/C11H18N4O/c1-11(7-13-14-12)8-5-3-4-6-9(8)15(2)10(11)16/h8-9H,3-7H2,1-2H3. The summed E-state index contributed by atoms with van der Waals surface area (Å²) in [6.45, 7) is 2.25. The van der Waals surface area contributed by atoms with E-state index in [9.17, 15) is 4.79 Å². The van der Waals surface area contributed by atoms with Crippen LogP contribution < -0.4 is 0 Å². The van der Waals surface area contributed by atoms with Crippen molar-refractivity contribution in [2.45, 2.75) is 38.6 Å². The second kappa shape index (κ2) is 3.98. The van der Waals surface area contributed by atoms with Crippen LogP contribution in [0.5, 0.6) is 0 Å². The Morgan fingerprint density at radius 3 is 2.94 bits per heavy atom. The smallest absolute Gasteiger partial charge is 0.229 e. The van der Waals surface area contributed by atoms with Gasteiger partial charge in [0, 0.05) is 24.5 Å². The highest BCUT2D eigenvalue weighted by Crippen LogP contribution is 2.47. The lowest BCUT2D eigenvalue weighted by molar-refractivity contribution is -0.134. The summed E-state index contributed by atoms with van der Waals surface area (Å²) in [5.41, 5.74) is 7.96. The molecule has 1 aliphatic carbocycles. The summed E-state index contributed by atoms with van der Waals surface area (Å²) in [6, 6.07) is 0.361. The number of hydrogen-bond donors (Lipinski definition) is 0. The monoisotopic (exact) mass is 222 g/mol. The summed E-state index contributed by atoms with van der Waals surface area (Å²) >= 11 is 0. The minimum Gasteiger partial charge on any atom is -0.342 e. The molecule has 1 saturated heterocycles. The van der Waals surface area contributed by atoms with Crippen molar-refractivity contribution in [3.05, 3.63) is 10.4 Å². The Hall–Kier alpha value is -1.22. The van der Waals surface area contributed by atoms with E-state index in [4.69, 9.17) is 5.53 Å². The first-order valence-electron chi connectivity index (χ1n) is 5.89. The highest BCUT2D eigenvalue weighted by atomic mass is 16.2. The fraction of sp³-hybridized carbons (Fsp3) is 0.909. The van der Waals surface area contributed by atoms with Gasteiger partial charge in [0.15, 0.2) is 0 Å². The molecule has 0 aromatic rings. The lowest BCUT2D eigenvalue weighted by Gasteiger charge is -2.33. The number of likely N-dealkylation sites (tertiary alicyclic amines) is 1. The second-order valence-electron chi connectivity index (χ2n) is 5.18. The van der Waals surface area contributed by atoms with E-state index in [1.54, 1.807) is 0 Å². The van der Waals surface area contributed by atoms with Crippen LogP contribution in [0.4, 0.5) is 0 Å². The van der Waals surface area contributed by atoms with E-state index in [0.717, 1.165) is 12.8 Å². The van der Waals surface area contributed by atoms with Crippen molar-refractivity contribution in [2.75, 3.05) is 13.6 Å². The topological polar surface area (TPSA) is 69.1 Å². The summed E-state index contributed by atoms with van der Waals surface area (Å²) in [5.74, 6) is 0.515. The molecule has 1 heterocycles. The van der Waals surface area contributed by atoms with Gasteiger partial charge in [-0.15, -0.1) is 0 Å². The molecule has 0 spiro atoms. The molecule has 2 rings (SSSR count). The number of carbonyl (C=O) groups excluding carboxylic acids is 1. The van der Waals surface area contributed by atoms with Crippen molar-refractivity contribution in [1.82, 2.24) is 4.90 Å². The van der Waals surface area contributed by atoms with E-state index in [1.165, 1.54) is 12.8 Å². The Morgan fingerprint density at radius 1 is 1.56 bits per heavy atom. The molecule has 1 saturated carbocycles. The number of carbonyl (C=O) groups is 1. The minimum atomic E-state index is -0.466. The van der Waals surface area contributed by atoms with E-state index >= 15 is 0 Å². The fourth-order valence-electron chi connectivity index (χ4n) is 3.39. The highest BCUT2D eigenvalue weighted by Gasteiger charge is 2.54. The van der Waals surface area contributed by atoms with E-state index < -0.39 is 5.41 Å². The van der Waals surface area contributed by atoms with Gasteiger partial charge in [-0.05, 0) is 24.3 Å². The van der Waals surface area contributed by atoms with E-state index in [1.807, 2.05) is 18.9 Å². The number of amides is 1. The van der Waals surface area contributed by atoms with Crippen LogP contribution in [0.25, 0.3) is 10.4 Å². The van der Waals surface area contributed by atoms with Crippen molar-refractivity contribution >= 4 is 5.91 Å². The SMILES string of the molecule is CN1C(=O)C(C)(CN=[N+]=[N-])C2CCCCC21. The number of azide groups is 1. The first-order valence-corrected chi connectivity index (χ1v) is 5.89. The fourth-order valence-corrected chi connectivity index (χ4v) is 3.39. The number of rotatable bonds is 2. The van der Waals surface area contributed by atoms with Gasteiger partial charge in [-0.1, -0.05) is 24.9 Å². The normalized spacial score (nSPS) is 38.1. The molecule has 2 aliphatic rings. The zero-order valence-corrected chi connectivity index (χ0v) is 9.89. The second-order valence-corrected chi connectivity index (χ2v) is 5.18. The predicted molar refractivity (Wildman–Crippen MR) is 60.6 cm³/mol. The van der Waals surface area contributed by atoms with Gasteiger partial charge in [-0.25, -0.2) is 0 Å². The molecule has 1 amide bonds. The average molecular weight is 222 g/mol. The number of fused-ring (bicyclic) bond motifs is 1. The van der Waals surface area contributed by atoms with Crippen molar-refractivity contribution in [3.63, 3.8) is 0 Å². The van der Waals surface area contributed by atoms with Gasteiger partial charge < -0.3 is 4.90 Å². The Morgan fingerprint density at radius 2 is 2.25 bits per heavy atom. The van der Waals surface area contributed by atoms with Crippen LogP contribution >= 0.6 is 0 Å². The van der Waals surface area contributed by atoms with Gasteiger partial charge in [-0.2, -0.15) is 0 Å². The Kier molecular flexibility index (Phi) is 2.80. The van der Waals surface area contributed by atoms with Gasteiger partial charge in [-0.3, -0.25) is 4.79 Å². The maximum atomic E-state index is 12.2. The predicted octanol–water partition coefficient (Wildman–Crippen LogP) is 2.33. The molecule has 5 nitrogen and oxygen atoms in total. The molecule has 0 radical (unpaired) electrons. The van der Waals surface area contributed by atoms with Gasteiger partial charge >= 0.3 is 0 Å². The summed E-state index contributed by atoms with van der Waals surface area (Å²) < 4.78 is 0. The maximum Gasteiger partial charge on any atom is 0.229 e. The van der Waals surface area contributed by atoms with Gasteiger partial charge in [0.1, 0.15) is 0 Å². The van der Waals surface area contributed by atoms with Crippen molar-refractivity contribution < 1.29 is 4.79 Å². The zero-order valence-electron chi connectivity index (χ0n) is 9.89. The van der Waals surface area contributed by atoms with Crippen LogP contribution in [0, 0.1) is 11.3 Å². The van der Waals surface area contributed by atoms with Crippen LogP contribution in [-0.4, -0.2) is 30.4 Å². The van der Waals surface area contributed by atoms with Crippen molar-refractivity contribution in [2.24, 2.45) is 16.4 Å². The van der Waals surface area contributed by atoms with E-state index in [2.05, 4.69) is 10.0 Å². The average Bonchev–Trinajstić information content (AvgIpc) is 2.51. The number of nitrogens with zero attached hydrogens (tertiary/aromatic N) is 4. The molecule has 88 valence electrons. The maximum absolute atomic E-state index is 12.2. The molecule has 3 unspecified atom stereocenters. The summed E-state index contributed by atoms with van der Waals surface area (Å²) in [6.07, 6.45) is 4.57. The first kappa shape index (κ1) is 11.3. The molecular formula is C11H18N4O. The van der Waals surface area contributed by atoms with E-state index in [-0.39, 0.29) is 5.91 Å². The Labute approximate surface area is 95.4 Å². The molecule has 0 aromatic heterocycles. The summed E-state index contributed by atoms with van der Waals surface area (Å²) in [5, 5.41) is 3.63. The van der Waals surface area contributed by atoms with Crippen LogP contribution in [-0.2, 0) is 4.79 Å². The highest BCUT2D eigenvalue weighted by molar-refractivity contribution is 5.85. The molecule has 2 fully saturated rings. The number of hydrogen-bond acceptors (Lipinski definition) is 2. The van der Waals surface area contributed by atoms with Gasteiger partial charge in [0.2, 0.25) is 5.91 Å². The Bertz CT molecular complexity index is 350. The molecular weight excluding hydrogens is 204 g/mol. The van der Waals surface area contributed by atoms with E-state index in [0.29, 0.717) is 18.5 Å². The third kappa shape index (κ3) is 1.47. The first-order chi connectivity index (χ1) is 7.61. The lowest BCUT2D eigenvalue weighted by atomic mass is 9.70. The van der Waals surface area contributed by atoms with Crippen molar-refractivity contribution in [1.29, 1.82) is 0 Å². The van der Waals surface area contributed by atoms with Crippen LogP contribution in [0.1, 0.15) is 32.6 Å². The van der Waals surface area contributed by atoms with Crippen LogP contribution in [0.2, 0.25) is 0 Å². The van der Waals surface area contributed by atoms with Crippen LogP contribution in [0.15, 0.2) is 5.11 Å². The van der Waals surface area contributed by atoms with Gasteiger partial charge in [0.05, 0.1) is 5.41 Å².